The van der Waals surface area contributed by atoms with Crippen LogP contribution in [0.25, 0.3) is 0 Å². The van der Waals surface area contributed by atoms with Crippen LogP contribution in [0.2, 0.25) is 5.02 Å². The third-order valence-electron chi connectivity index (χ3n) is 4.46. The average molecular weight is 410 g/mol. The third kappa shape index (κ3) is 6.89. The molecular weight excluding hydrogens is 378 g/mol. The van der Waals surface area contributed by atoms with E-state index in [-0.39, 0.29) is 11.8 Å². The van der Waals surface area contributed by atoms with E-state index >= 15 is 0 Å². The van der Waals surface area contributed by atoms with Crippen molar-refractivity contribution in [3.8, 4) is 0 Å². The molecule has 0 saturated carbocycles. The van der Waals surface area contributed by atoms with Gasteiger partial charge in [0.25, 0.3) is 0 Å². The van der Waals surface area contributed by atoms with Gasteiger partial charge in [-0.05, 0) is 51.3 Å². The SMILES string of the molecule is CC(C)CC(NC(=O)OC(C)(C)C)C(=O)N1CCN(c2cccc(Cl)c2)CC1. The lowest BCUT2D eigenvalue weighted by atomic mass is 10.0. The number of benzene rings is 1. The molecule has 0 bridgehead atoms. The number of alkyl carbamates (subject to hydrolysis) is 1. The minimum absolute atomic E-state index is 0.0506. The highest BCUT2D eigenvalue weighted by atomic mass is 35.5. The first-order chi connectivity index (χ1) is 13.0. The maximum Gasteiger partial charge on any atom is 0.408 e. The fourth-order valence-corrected chi connectivity index (χ4v) is 3.41. The molecule has 28 heavy (non-hydrogen) atoms. The Kier molecular flexibility index (Phi) is 7.58. The van der Waals surface area contributed by atoms with Gasteiger partial charge >= 0.3 is 6.09 Å². The molecule has 1 saturated heterocycles. The van der Waals surface area contributed by atoms with E-state index in [2.05, 4.69) is 10.2 Å². The monoisotopic (exact) mass is 409 g/mol. The van der Waals surface area contributed by atoms with E-state index in [1.165, 1.54) is 0 Å². The van der Waals surface area contributed by atoms with E-state index in [9.17, 15) is 9.59 Å². The third-order valence-corrected chi connectivity index (χ3v) is 4.70. The zero-order valence-corrected chi connectivity index (χ0v) is 18.3. The highest BCUT2D eigenvalue weighted by Gasteiger charge is 2.30. The molecule has 1 heterocycles. The number of nitrogens with one attached hydrogen (secondary N) is 1. The van der Waals surface area contributed by atoms with Gasteiger partial charge in [-0.25, -0.2) is 4.79 Å². The summed E-state index contributed by atoms with van der Waals surface area (Å²) in [6.45, 7) is 12.2. The van der Waals surface area contributed by atoms with Crippen LogP contribution in [0.4, 0.5) is 10.5 Å². The molecule has 1 aliphatic rings. The maximum absolute atomic E-state index is 13.0. The van der Waals surface area contributed by atoms with Crippen LogP contribution in [-0.2, 0) is 9.53 Å². The molecule has 0 aliphatic carbocycles. The lowest BCUT2D eigenvalue weighted by Gasteiger charge is -2.38. The molecule has 1 aliphatic heterocycles. The van der Waals surface area contributed by atoms with Crippen molar-refractivity contribution in [1.82, 2.24) is 10.2 Å². The summed E-state index contributed by atoms with van der Waals surface area (Å²) in [5.74, 6) is 0.224. The number of anilines is 1. The van der Waals surface area contributed by atoms with E-state index in [4.69, 9.17) is 16.3 Å². The van der Waals surface area contributed by atoms with E-state index in [1.54, 1.807) is 20.8 Å². The molecule has 7 heteroatoms. The molecule has 1 aromatic carbocycles. The van der Waals surface area contributed by atoms with Crippen LogP contribution in [0.15, 0.2) is 24.3 Å². The predicted octanol–water partition coefficient (Wildman–Crippen LogP) is 3.93. The van der Waals surface area contributed by atoms with Crippen LogP contribution in [0, 0.1) is 5.92 Å². The Balaban J connectivity index is 1.97. The number of amides is 2. The minimum atomic E-state index is -0.599. The topological polar surface area (TPSA) is 61.9 Å². The number of rotatable bonds is 5. The van der Waals surface area contributed by atoms with Crippen LogP contribution in [-0.4, -0.2) is 54.7 Å². The Morgan fingerprint density at radius 1 is 1.18 bits per heavy atom. The standard InChI is InChI=1S/C21H32ClN3O3/c1-15(2)13-18(23-20(27)28-21(3,4)5)19(26)25-11-9-24(10-12-25)17-8-6-7-16(22)14-17/h6-8,14-15,18H,9-13H2,1-5H3,(H,23,27). The summed E-state index contributed by atoms with van der Waals surface area (Å²) in [5.41, 5.74) is 0.461. The smallest absolute Gasteiger partial charge is 0.408 e. The van der Waals surface area contributed by atoms with Crippen molar-refractivity contribution in [2.24, 2.45) is 5.92 Å². The normalized spacial score (nSPS) is 16.1. The Hall–Kier alpha value is -1.95. The Morgan fingerprint density at radius 2 is 1.82 bits per heavy atom. The van der Waals surface area contributed by atoms with Crippen molar-refractivity contribution < 1.29 is 14.3 Å². The van der Waals surface area contributed by atoms with E-state index in [0.29, 0.717) is 24.5 Å². The van der Waals surface area contributed by atoms with Gasteiger partial charge in [-0.2, -0.15) is 0 Å². The predicted molar refractivity (Wildman–Crippen MR) is 113 cm³/mol. The quantitative estimate of drug-likeness (QED) is 0.800. The molecule has 0 spiro atoms. The Morgan fingerprint density at radius 3 is 2.36 bits per heavy atom. The number of halogens is 1. The molecule has 2 amide bonds. The average Bonchev–Trinajstić information content (AvgIpc) is 2.58. The fraction of sp³-hybridized carbons (Fsp3) is 0.619. The van der Waals surface area contributed by atoms with Gasteiger partial charge in [-0.1, -0.05) is 31.5 Å². The first-order valence-corrected chi connectivity index (χ1v) is 10.2. The summed E-state index contributed by atoms with van der Waals surface area (Å²) in [6, 6.07) is 7.16. The molecule has 1 atom stereocenters. The van der Waals surface area contributed by atoms with Gasteiger partial charge in [-0.15, -0.1) is 0 Å². The molecule has 1 aromatic rings. The summed E-state index contributed by atoms with van der Waals surface area (Å²) in [5, 5.41) is 3.47. The van der Waals surface area contributed by atoms with Gasteiger partial charge in [-0.3, -0.25) is 4.79 Å². The molecule has 1 N–H and O–H groups in total. The molecule has 156 valence electrons. The van der Waals surface area contributed by atoms with Gasteiger partial charge in [0.05, 0.1) is 0 Å². The first-order valence-electron chi connectivity index (χ1n) is 9.84. The summed E-state index contributed by atoms with van der Waals surface area (Å²) >= 11 is 6.08. The highest BCUT2D eigenvalue weighted by molar-refractivity contribution is 6.30. The highest BCUT2D eigenvalue weighted by Crippen LogP contribution is 2.21. The van der Waals surface area contributed by atoms with Crippen LogP contribution in [0.3, 0.4) is 0 Å². The van der Waals surface area contributed by atoms with Crippen molar-refractivity contribution in [1.29, 1.82) is 0 Å². The number of hydrogen-bond donors (Lipinski definition) is 1. The Bertz CT molecular complexity index is 680. The lowest BCUT2D eigenvalue weighted by molar-refractivity contribution is -0.134. The summed E-state index contributed by atoms with van der Waals surface area (Å²) in [7, 11) is 0. The molecule has 1 fully saturated rings. The van der Waals surface area contributed by atoms with Crippen molar-refractivity contribution in [2.75, 3.05) is 31.1 Å². The van der Waals surface area contributed by atoms with Crippen LogP contribution >= 0.6 is 11.6 Å². The van der Waals surface area contributed by atoms with E-state index < -0.39 is 17.7 Å². The lowest BCUT2D eigenvalue weighted by Crippen LogP contribution is -2.55. The number of carbonyl (C=O) groups is 2. The number of piperazine rings is 1. The number of hydrogen-bond acceptors (Lipinski definition) is 4. The molecular formula is C21H32ClN3O3. The molecule has 1 unspecified atom stereocenters. The van der Waals surface area contributed by atoms with Crippen LogP contribution in [0.1, 0.15) is 41.0 Å². The second-order valence-corrected chi connectivity index (χ2v) is 9.06. The zero-order chi connectivity index (χ0) is 20.9. The molecule has 0 aromatic heterocycles. The summed E-state index contributed by atoms with van der Waals surface area (Å²) in [6.07, 6.45) is 0.0242. The number of nitrogens with zero attached hydrogens (tertiary/aromatic N) is 2. The van der Waals surface area contributed by atoms with Crippen molar-refractivity contribution in [3.63, 3.8) is 0 Å². The van der Waals surface area contributed by atoms with Crippen molar-refractivity contribution >= 4 is 29.3 Å². The maximum atomic E-state index is 13.0. The number of carbonyl (C=O) groups excluding carboxylic acids is 2. The number of ether oxygens (including phenoxy) is 1. The van der Waals surface area contributed by atoms with Gasteiger partial charge in [0, 0.05) is 36.9 Å². The minimum Gasteiger partial charge on any atom is -0.444 e. The summed E-state index contributed by atoms with van der Waals surface area (Å²) in [4.78, 5) is 29.3. The van der Waals surface area contributed by atoms with E-state index in [1.807, 2.05) is 43.0 Å². The summed E-state index contributed by atoms with van der Waals surface area (Å²) < 4.78 is 5.33. The zero-order valence-electron chi connectivity index (χ0n) is 17.5. The Labute approximate surface area is 173 Å². The van der Waals surface area contributed by atoms with Crippen LogP contribution < -0.4 is 10.2 Å². The van der Waals surface area contributed by atoms with Crippen LogP contribution in [0.5, 0.6) is 0 Å². The fourth-order valence-electron chi connectivity index (χ4n) is 3.22. The largest absolute Gasteiger partial charge is 0.444 e. The van der Waals surface area contributed by atoms with E-state index in [0.717, 1.165) is 18.8 Å². The van der Waals surface area contributed by atoms with Gasteiger partial charge in [0.2, 0.25) is 5.91 Å². The second-order valence-electron chi connectivity index (χ2n) is 8.62. The first kappa shape index (κ1) is 22.3. The van der Waals surface area contributed by atoms with Crippen molar-refractivity contribution in [2.45, 2.75) is 52.7 Å². The van der Waals surface area contributed by atoms with Gasteiger partial charge in [0.1, 0.15) is 11.6 Å². The molecule has 6 nitrogen and oxygen atoms in total. The molecule has 2 rings (SSSR count). The molecule has 0 radical (unpaired) electrons. The van der Waals surface area contributed by atoms with Crippen molar-refractivity contribution in [3.05, 3.63) is 29.3 Å². The van der Waals surface area contributed by atoms with Gasteiger partial charge in [0.15, 0.2) is 0 Å². The van der Waals surface area contributed by atoms with Gasteiger partial charge < -0.3 is 19.9 Å². The second kappa shape index (κ2) is 9.50.